The van der Waals surface area contributed by atoms with E-state index in [4.69, 9.17) is 0 Å². The summed E-state index contributed by atoms with van der Waals surface area (Å²) in [6.45, 7) is 2.00. The molecular formula is C18H16FN5O2S. The molecule has 0 unspecified atom stereocenters. The van der Waals surface area contributed by atoms with E-state index in [0.29, 0.717) is 11.0 Å². The number of hydrazine groups is 1. The number of hydrogen-bond donors (Lipinski definition) is 3. The highest BCUT2D eigenvalue weighted by Crippen LogP contribution is 2.19. The zero-order valence-corrected chi connectivity index (χ0v) is 15.1. The first-order valence-corrected chi connectivity index (χ1v) is 8.97. The van der Waals surface area contributed by atoms with E-state index >= 15 is 0 Å². The van der Waals surface area contributed by atoms with Crippen LogP contribution in [0.15, 0.2) is 53.7 Å². The van der Waals surface area contributed by atoms with Crippen molar-refractivity contribution < 1.29 is 14.0 Å². The monoisotopic (exact) mass is 385 g/mol. The average molecular weight is 385 g/mol. The van der Waals surface area contributed by atoms with Crippen LogP contribution in [-0.4, -0.2) is 32.7 Å². The van der Waals surface area contributed by atoms with Gasteiger partial charge in [0.15, 0.2) is 5.82 Å². The van der Waals surface area contributed by atoms with Crippen molar-refractivity contribution in [1.29, 1.82) is 0 Å². The highest BCUT2D eigenvalue weighted by Gasteiger charge is 2.13. The van der Waals surface area contributed by atoms with E-state index in [1.165, 1.54) is 24.3 Å². The van der Waals surface area contributed by atoms with Gasteiger partial charge < -0.3 is 0 Å². The summed E-state index contributed by atoms with van der Waals surface area (Å²) in [7, 11) is 0. The summed E-state index contributed by atoms with van der Waals surface area (Å²) in [5.74, 6) is -1.27. The number of aromatic nitrogens is 3. The number of nitrogens with one attached hydrogen (secondary N) is 3. The Bertz CT molecular complexity index is 958. The molecule has 0 aliphatic rings. The lowest BCUT2D eigenvalue weighted by Gasteiger charge is -2.07. The zero-order chi connectivity index (χ0) is 19.2. The number of H-pyrrole nitrogens is 1. The number of carbonyl (C=O) groups is 2. The number of nitrogens with zero attached hydrogens (tertiary/aromatic N) is 2. The lowest BCUT2D eigenvalue weighted by Crippen LogP contribution is -2.42. The van der Waals surface area contributed by atoms with Gasteiger partial charge in [-0.1, -0.05) is 53.7 Å². The van der Waals surface area contributed by atoms with Gasteiger partial charge in [-0.15, -0.1) is 5.10 Å². The van der Waals surface area contributed by atoms with Crippen LogP contribution in [0.1, 0.15) is 15.9 Å². The average Bonchev–Trinajstić information content (AvgIpc) is 3.14. The van der Waals surface area contributed by atoms with Crippen molar-refractivity contribution >= 4 is 23.6 Å². The largest absolute Gasteiger partial charge is 0.272 e. The first kappa shape index (κ1) is 18.6. The molecule has 2 amide bonds. The number of aromatic amines is 1. The molecule has 27 heavy (non-hydrogen) atoms. The Morgan fingerprint density at radius 3 is 2.59 bits per heavy atom. The van der Waals surface area contributed by atoms with Crippen LogP contribution in [0.5, 0.6) is 0 Å². The molecule has 0 atom stereocenters. The van der Waals surface area contributed by atoms with Crippen LogP contribution in [0, 0.1) is 12.7 Å². The topological polar surface area (TPSA) is 99.8 Å². The van der Waals surface area contributed by atoms with Crippen LogP contribution in [0.4, 0.5) is 4.39 Å². The van der Waals surface area contributed by atoms with Gasteiger partial charge in [0.1, 0.15) is 5.82 Å². The van der Waals surface area contributed by atoms with Gasteiger partial charge >= 0.3 is 0 Å². The fourth-order valence-corrected chi connectivity index (χ4v) is 2.76. The van der Waals surface area contributed by atoms with Gasteiger partial charge in [0.2, 0.25) is 11.1 Å². The van der Waals surface area contributed by atoms with Crippen molar-refractivity contribution in [3.8, 4) is 11.4 Å². The van der Waals surface area contributed by atoms with Gasteiger partial charge in [0.25, 0.3) is 5.91 Å². The zero-order valence-electron chi connectivity index (χ0n) is 14.3. The number of carbonyl (C=O) groups excluding carboxylic acids is 2. The second-order valence-electron chi connectivity index (χ2n) is 5.60. The summed E-state index contributed by atoms with van der Waals surface area (Å²) < 4.78 is 13.5. The fourth-order valence-electron chi connectivity index (χ4n) is 2.16. The van der Waals surface area contributed by atoms with E-state index in [-0.39, 0.29) is 11.3 Å². The maximum Gasteiger partial charge on any atom is 0.272 e. The van der Waals surface area contributed by atoms with E-state index in [0.717, 1.165) is 22.9 Å². The summed E-state index contributed by atoms with van der Waals surface area (Å²) in [6, 6.07) is 13.3. The van der Waals surface area contributed by atoms with Gasteiger partial charge in [-0.25, -0.2) is 9.37 Å². The molecule has 9 heteroatoms. The molecular weight excluding hydrogens is 369 g/mol. The number of benzene rings is 2. The summed E-state index contributed by atoms with van der Waals surface area (Å²) in [5.41, 5.74) is 6.28. The standard InChI is InChI=1S/C18H16FN5O2S/c1-11-6-8-12(9-7-11)16-20-18(24-22-16)27-10-15(25)21-23-17(26)13-4-2-3-5-14(13)19/h2-9H,10H2,1H3,(H,21,25)(H,23,26)(H,20,22,24). The molecule has 0 radical (unpaired) electrons. The Labute approximate surface area is 158 Å². The molecule has 7 nitrogen and oxygen atoms in total. The second-order valence-corrected chi connectivity index (χ2v) is 6.55. The fraction of sp³-hybridized carbons (Fsp3) is 0.111. The van der Waals surface area contributed by atoms with E-state index in [9.17, 15) is 14.0 Å². The minimum atomic E-state index is -0.731. The predicted octanol–water partition coefficient (Wildman–Crippen LogP) is 2.47. The molecule has 138 valence electrons. The highest BCUT2D eigenvalue weighted by molar-refractivity contribution is 7.99. The minimum absolute atomic E-state index is 0.0112. The molecule has 0 aliphatic carbocycles. The van der Waals surface area contributed by atoms with E-state index in [2.05, 4.69) is 26.0 Å². The van der Waals surface area contributed by atoms with Crippen LogP contribution >= 0.6 is 11.8 Å². The van der Waals surface area contributed by atoms with Crippen LogP contribution in [0.2, 0.25) is 0 Å². The van der Waals surface area contributed by atoms with Crippen molar-refractivity contribution in [3.63, 3.8) is 0 Å². The first-order chi connectivity index (χ1) is 13.0. The molecule has 0 saturated heterocycles. The first-order valence-electron chi connectivity index (χ1n) is 7.99. The third-order valence-electron chi connectivity index (χ3n) is 3.56. The SMILES string of the molecule is Cc1ccc(-c2nc(SCC(=O)NNC(=O)c3ccccc3F)n[nH]2)cc1. The van der Waals surface area contributed by atoms with Gasteiger partial charge in [-0.3, -0.25) is 25.5 Å². The maximum absolute atomic E-state index is 13.5. The predicted molar refractivity (Wildman–Crippen MR) is 99.3 cm³/mol. The number of halogens is 1. The number of aryl methyl sites for hydroxylation is 1. The van der Waals surface area contributed by atoms with Gasteiger partial charge in [0.05, 0.1) is 11.3 Å². The number of hydrogen-bond acceptors (Lipinski definition) is 5. The molecule has 3 aromatic rings. The minimum Gasteiger partial charge on any atom is -0.272 e. The number of thioether (sulfide) groups is 1. The highest BCUT2D eigenvalue weighted by atomic mass is 32.2. The Kier molecular flexibility index (Phi) is 5.82. The molecule has 3 N–H and O–H groups in total. The van der Waals surface area contributed by atoms with Crippen LogP contribution in [-0.2, 0) is 4.79 Å². The Balaban J connectivity index is 1.49. The van der Waals surface area contributed by atoms with Crippen molar-refractivity contribution in [2.75, 3.05) is 5.75 Å². The van der Waals surface area contributed by atoms with E-state index in [1.54, 1.807) is 0 Å². The van der Waals surface area contributed by atoms with Gasteiger partial charge in [-0.2, -0.15) is 0 Å². The maximum atomic E-state index is 13.5. The lowest BCUT2D eigenvalue weighted by molar-refractivity contribution is -0.119. The molecule has 0 spiro atoms. The van der Waals surface area contributed by atoms with E-state index < -0.39 is 17.6 Å². The summed E-state index contributed by atoms with van der Waals surface area (Å²) in [4.78, 5) is 28.0. The summed E-state index contributed by atoms with van der Waals surface area (Å²) in [6.07, 6.45) is 0. The quantitative estimate of drug-likeness (QED) is 0.463. The van der Waals surface area contributed by atoms with Crippen LogP contribution < -0.4 is 10.9 Å². The molecule has 1 aromatic heterocycles. The number of rotatable bonds is 5. The molecule has 1 heterocycles. The van der Waals surface area contributed by atoms with Crippen molar-refractivity contribution in [2.45, 2.75) is 12.1 Å². The molecule has 3 rings (SSSR count). The van der Waals surface area contributed by atoms with Crippen LogP contribution in [0.25, 0.3) is 11.4 Å². The smallest absolute Gasteiger partial charge is 0.272 e. The Morgan fingerprint density at radius 1 is 1.11 bits per heavy atom. The van der Waals surface area contributed by atoms with E-state index in [1.807, 2.05) is 31.2 Å². The third-order valence-corrected chi connectivity index (χ3v) is 4.40. The Morgan fingerprint density at radius 2 is 1.85 bits per heavy atom. The third kappa shape index (κ3) is 4.91. The molecule has 0 fully saturated rings. The normalized spacial score (nSPS) is 10.4. The second kappa shape index (κ2) is 8.45. The molecule has 0 bridgehead atoms. The van der Waals surface area contributed by atoms with Crippen molar-refractivity contribution in [1.82, 2.24) is 26.0 Å². The van der Waals surface area contributed by atoms with Gasteiger partial charge in [-0.05, 0) is 19.1 Å². The van der Waals surface area contributed by atoms with Crippen LogP contribution in [0.3, 0.4) is 0 Å². The Hall–Kier alpha value is -3.20. The molecule has 0 saturated carbocycles. The lowest BCUT2D eigenvalue weighted by atomic mass is 10.1. The molecule has 2 aromatic carbocycles. The summed E-state index contributed by atoms with van der Waals surface area (Å²) >= 11 is 1.11. The van der Waals surface area contributed by atoms with Gasteiger partial charge in [0, 0.05) is 5.56 Å². The van der Waals surface area contributed by atoms with Crippen molar-refractivity contribution in [3.05, 3.63) is 65.5 Å². The summed E-state index contributed by atoms with van der Waals surface area (Å²) in [5, 5.41) is 7.27. The number of amides is 2. The van der Waals surface area contributed by atoms with Crippen molar-refractivity contribution in [2.24, 2.45) is 0 Å². The molecule has 0 aliphatic heterocycles.